The van der Waals surface area contributed by atoms with Crippen molar-refractivity contribution in [2.75, 3.05) is 31.6 Å². The minimum atomic E-state index is -0.537. The van der Waals surface area contributed by atoms with Gasteiger partial charge in [0, 0.05) is 54.5 Å². The molecule has 10 nitrogen and oxygen atoms in total. The van der Waals surface area contributed by atoms with Crippen molar-refractivity contribution in [3.63, 3.8) is 0 Å². The lowest BCUT2D eigenvalue weighted by Gasteiger charge is -2.39. The highest BCUT2D eigenvalue weighted by molar-refractivity contribution is 5.94. The van der Waals surface area contributed by atoms with Gasteiger partial charge >= 0.3 is 0 Å². The maximum Gasteiger partial charge on any atom is 0.274 e. The Morgan fingerprint density at radius 1 is 1.15 bits per heavy atom. The Balaban J connectivity index is 1.08. The molecule has 204 valence electrons. The van der Waals surface area contributed by atoms with Crippen LogP contribution in [0, 0.1) is 18.7 Å². The fourth-order valence-electron chi connectivity index (χ4n) is 5.88. The number of carbonyl (C=O) groups is 2. The highest BCUT2D eigenvalue weighted by Gasteiger charge is 2.54. The molecule has 0 bridgehead atoms. The van der Waals surface area contributed by atoms with Crippen LogP contribution in [0.3, 0.4) is 0 Å². The van der Waals surface area contributed by atoms with Crippen molar-refractivity contribution in [1.29, 1.82) is 0 Å². The number of methoxy groups -OCH3 is 1. The number of nitrogens with zero attached hydrogens (tertiary/aromatic N) is 5. The molecular formula is C28H32FN7O3. The maximum absolute atomic E-state index is 14.4. The molecular weight excluding hydrogens is 501 g/mol. The Morgan fingerprint density at radius 2 is 2.00 bits per heavy atom. The topological polar surface area (TPSA) is 116 Å². The molecule has 0 radical (unpaired) electrons. The molecule has 3 aromatic heterocycles. The molecule has 0 aromatic carbocycles. The second kappa shape index (κ2) is 9.94. The van der Waals surface area contributed by atoms with Crippen molar-refractivity contribution in [3.8, 4) is 17.1 Å². The van der Waals surface area contributed by atoms with E-state index in [2.05, 4.69) is 36.4 Å². The minimum Gasteiger partial charge on any atom is -0.481 e. The number of nitrogens with one attached hydrogen (secondary N) is 2. The van der Waals surface area contributed by atoms with Crippen molar-refractivity contribution < 1.29 is 18.7 Å². The molecule has 5 heterocycles. The van der Waals surface area contributed by atoms with Crippen molar-refractivity contribution in [2.24, 2.45) is 5.92 Å². The van der Waals surface area contributed by atoms with E-state index in [0.29, 0.717) is 25.1 Å². The number of carbonyl (C=O) groups excluding carboxylic acids is 2. The summed E-state index contributed by atoms with van der Waals surface area (Å²) >= 11 is 0. The number of likely N-dealkylation sites (tertiary alicyclic amines) is 1. The smallest absolute Gasteiger partial charge is 0.274 e. The fourth-order valence-corrected chi connectivity index (χ4v) is 5.88. The summed E-state index contributed by atoms with van der Waals surface area (Å²) < 4.78 is 19.5. The number of rotatable bonds is 6. The average Bonchev–Trinajstić information content (AvgIpc) is 3.32. The van der Waals surface area contributed by atoms with E-state index in [1.54, 1.807) is 6.07 Å². The van der Waals surface area contributed by atoms with Crippen LogP contribution in [0.2, 0.25) is 0 Å². The molecule has 0 unspecified atom stereocenters. The molecule has 2 aliphatic heterocycles. The van der Waals surface area contributed by atoms with E-state index in [1.165, 1.54) is 13.2 Å². The number of amides is 2. The number of H-pyrrole nitrogens is 1. The zero-order valence-corrected chi connectivity index (χ0v) is 22.1. The molecule has 2 saturated heterocycles. The summed E-state index contributed by atoms with van der Waals surface area (Å²) in [5.74, 6) is -0.520. The lowest BCUT2D eigenvalue weighted by Crippen LogP contribution is -2.52. The van der Waals surface area contributed by atoms with Gasteiger partial charge in [-0.25, -0.2) is 9.37 Å². The van der Waals surface area contributed by atoms with Gasteiger partial charge < -0.3 is 19.9 Å². The second-order valence-electron chi connectivity index (χ2n) is 10.8. The van der Waals surface area contributed by atoms with Gasteiger partial charge in [0.1, 0.15) is 0 Å². The number of piperidine rings is 1. The molecule has 6 rings (SSSR count). The SMILES string of the molecule is COc1cc(-c2cc(C(=O)N3CC[C@H](C(=O)N[C@@H]4CCN(c5ccc(C)nc5)C4)CC34CC4)n[nH]2)c(F)cn1. The molecule has 3 aromatic rings. The normalized spacial score (nSPS) is 21.7. The van der Waals surface area contributed by atoms with Crippen LogP contribution in [0.1, 0.15) is 48.3 Å². The van der Waals surface area contributed by atoms with Crippen molar-refractivity contribution >= 4 is 17.5 Å². The number of aromatic amines is 1. The van der Waals surface area contributed by atoms with Crippen LogP contribution in [0.25, 0.3) is 11.3 Å². The highest BCUT2D eigenvalue weighted by atomic mass is 19.1. The van der Waals surface area contributed by atoms with Gasteiger partial charge in [-0.3, -0.25) is 19.7 Å². The van der Waals surface area contributed by atoms with Gasteiger partial charge in [-0.15, -0.1) is 0 Å². The van der Waals surface area contributed by atoms with Crippen LogP contribution in [0.4, 0.5) is 10.1 Å². The molecule has 2 amide bonds. The monoisotopic (exact) mass is 533 g/mol. The summed E-state index contributed by atoms with van der Waals surface area (Å²) in [5, 5.41) is 10.2. The Labute approximate surface area is 226 Å². The number of hydrogen-bond acceptors (Lipinski definition) is 7. The molecule has 11 heteroatoms. The minimum absolute atomic E-state index is 0.0754. The van der Waals surface area contributed by atoms with Gasteiger partial charge in [0.15, 0.2) is 11.5 Å². The first-order chi connectivity index (χ1) is 18.8. The number of aromatic nitrogens is 4. The van der Waals surface area contributed by atoms with Crippen LogP contribution < -0.4 is 15.0 Å². The highest BCUT2D eigenvalue weighted by Crippen LogP contribution is 2.50. The molecule has 2 atom stereocenters. The first kappa shape index (κ1) is 25.3. The van der Waals surface area contributed by atoms with E-state index in [0.717, 1.165) is 49.9 Å². The van der Waals surface area contributed by atoms with Crippen LogP contribution in [-0.2, 0) is 4.79 Å². The molecule has 3 fully saturated rings. The van der Waals surface area contributed by atoms with Crippen LogP contribution >= 0.6 is 0 Å². The third-order valence-electron chi connectivity index (χ3n) is 8.27. The second-order valence-corrected chi connectivity index (χ2v) is 10.8. The van der Waals surface area contributed by atoms with E-state index in [1.807, 2.05) is 24.1 Å². The number of halogens is 1. The van der Waals surface area contributed by atoms with Crippen LogP contribution in [-0.4, -0.2) is 75.2 Å². The molecule has 1 saturated carbocycles. The van der Waals surface area contributed by atoms with Gasteiger partial charge in [0.2, 0.25) is 11.8 Å². The molecule has 1 aliphatic carbocycles. The van der Waals surface area contributed by atoms with Gasteiger partial charge in [0.25, 0.3) is 5.91 Å². The fraction of sp³-hybridized carbons (Fsp3) is 0.464. The van der Waals surface area contributed by atoms with Gasteiger partial charge in [0.05, 0.1) is 30.9 Å². The number of anilines is 1. The standard InChI is InChI=1S/C28H32FN7O3/c1-17-3-4-20(14-30-17)35-9-6-19(16-35)32-26(37)18-5-10-36(28(13-18)7-8-28)27(38)24-12-23(33-34-24)21-11-25(39-2)31-15-22(21)29/h3-4,11-12,14-15,18-19H,5-10,13,16H2,1-2H3,(H,32,37)(H,33,34)/t18-,19+/m0/s1. The number of ether oxygens (including phenoxy) is 1. The maximum atomic E-state index is 14.4. The first-order valence-electron chi connectivity index (χ1n) is 13.4. The lowest BCUT2D eigenvalue weighted by molar-refractivity contribution is -0.127. The van der Waals surface area contributed by atoms with Gasteiger partial charge in [-0.05, 0) is 57.2 Å². The lowest BCUT2D eigenvalue weighted by atomic mass is 9.87. The summed E-state index contributed by atoms with van der Waals surface area (Å²) in [6.45, 7) is 4.11. The van der Waals surface area contributed by atoms with E-state index in [-0.39, 0.29) is 46.5 Å². The van der Waals surface area contributed by atoms with E-state index in [9.17, 15) is 14.0 Å². The largest absolute Gasteiger partial charge is 0.481 e. The third kappa shape index (κ3) is 4.93. The molecule has 1 spiro atoms. The third-order valence-corrected chi connectivity index (χ3v) is 8.27. The quantitative estimate of drug-likeness (QED) is 0.500. The molecule has 2 N–H and O–H groups in total. The summed E-state index contributed by atoms with van der Waals surface area (Å²) in [7, 11) is 1.45. The van der Waals surface area contributed by atoms with Crippen molar-refractivity contribution in [2.45, 2.75) is 50.6 Å². The Hall–Kier alpha value is -4.02. The average molecular weight is 534 g/mol. The van der Waals surface area contributed by atoms with E-state index >= 15 is 0 Å². The molecule has 39 heavy (non-hydrogen) atoms. The van der Waals surface area contributed by atoms with Gasteiger partial charge in [-0.2, -0.15) is 5.10 Å². The Morgan fingerprint density at radius 3 is 2.74 bits per heavy atom. The van der Waals surface area contributed by atoms with E-state index in [4.69, 9.17) is 4.74 Å². The number of pyridine rings is 2. The van der Waals surface area contributed by atoms with Crippen LogP contribution in [0.15, 0.2) is 36.7 Å². The van der Waals surface area contributed by atoms with Crippen molar-refractivity contribution in [3.05, 3.63) is 53.9 Å². The van der Waals surface area contributed by atoms with Crippen LogP contribution in [0.5, 0.6) is 5.88 Å². The zero-order valence-electron chi connectivity index (χ0n) is 22.1. The summed E-state index contributed by atoms with van der Waals surface area (Å²) in [6.07, 6.45) is 6.85. The number of aryl methyl sites for hydroxylation is 1. The predicted octanol–water partition coefficient (Wildman–Crippen LogP) is 3.10. The summed E-state index contributed by atoms with van der Waals surface area (Å²) in [4.78, 5) is 39.1. The van der Waals surface area contributed by atoms with Crippen molar-refractivity contribution in [1.82, 2.24) is 30.4 Å². The summed E-state index contributed by atoms with van der Waals surface area (Å²) in [6, 6.07) is 7.20. The summed E-state index contributed by atoms with van der Waals surface area (Å²) in [5.41, 5.74) is 2.59. The zero-order chi connectivity index (χ0) is 27.1. The Bertz CT molecular complexity index is 1390. The Kier molecular flexibility index (Phi) is 6.44. The first-order valence-corrected chi connectivity index (χ1v) is 13.4. The van der Waals surface area contributed by atoms with Gasteiger partial charge in [-0.1, -0.05) is 0 Å². The predicted molar refractivity (Wildman–Crippen MR) is 142 cm³/mol. The number of hydrogen-bond donors (Lipinski definition) is 2. The molecule has 3 aliphatic rings. The van der Waals surface area contributed by atoms with E-state index < -0.39 is 5.82 Å².